The van der Waals surface area contributed by atoms with Crippen LogP contribution in [-0.2, 0) is 0 Å². The predicted molar refractivity (Wildman–Crippen MR) is 91.5 cm³/mol. The fourth-order valence-corrected chi connectivity index (χ4v) is 3.98. The average Bonchev–Trinajstić information content (AvgIpc) is 2.58. The van der Waals surface area contributed by atoms with Crippen LogP contribution in [0.4, 0.5) is 4.39 Å². The van der Waals surface area contributed by atoms with Gasteiger partial charge in [0.15, 0.2) is 0 Å². The zero-order chi connectivity index (χ0) is 19.8. The largest absolute Gasteiger partial charge is 0.206 e. The molecule has 23 heavy (non-hydrogen) atoms. The van der Waals surface area contributed by atoms with Crippen molar-refractivity contribution in [1.29, 1.82) is 5.26 Å². The SMILES string of the molecule is [2H]C1([2H])CC2CC(CCC=C)CCC2C([2H])([2H])C1c1ccc(C#N)c(F)c1. The third kappa shape index (κ3) is 3.66. The van der Waals surface area contributed by atoms with E-state index in [1.807, 2.05) is 6.08 Å². The second kappa shape index (κ2) is 7.30. The van der Waals surface area contributed by atoms with Crippen LogP contribution in [-0.4, -0.2) is 0 Å². The number of nitrogens with zero attached hydrogens (tertiary/aromatic N) is 1. The summed E-state index contributed by atoms with van der Waals surface area (Å²) >= 11 is 0. The number of fused-ring (bicyclic) bond motifs is 1. The summed E-state index contributed by atoms with van der Waals surface area (Å²) in [5.41, 5.74) is 0.213. The van der Waals surface area contributed by atoms with Gasteiger partial charge >= 0.3 is 0 Å². The standard InChI is InChI=1S/C21H26FN/c1-2-3-4-15-5-6-17-12-18(8-7-16(17)11-15)19-9-10-20(14-23)21(22)13-19/h2,9-10,13,15-18H,1,3-8,11-12H2/i8D2,12D2. The van der Waals surface area contributed by atoms with Gasteiger partial charge < -0.3 is 0 Å². The second-order valence-corrected chi connectivity index (χ2v) is 6.77. The molecule has 4 unspecified atom stereocenters. The van der Waals surface area contributed by atoms with Crippen LogP contribution in [0.25, 0.3) is 0 Å². The Balaban J connectivity index is 1.91. The molecule has 0 aliphatic heterocycles. The van der Waals surface area contributed by atoms with E-state index in [0.29, 0.717) is 17.9 Å². The smallest absolute Gasteiger partial charge is 0.141 e. The number of benzene rings is 1. The first-order valence-electron chi connectivity index (χ1n) is 10.5. The molecule has 4 atom stereocenters. The van der Waals surface area contributed by atoms with Gasteiger partial charge in [-0.3, -0.25) is 0 Å². The first kappa shape index (κ1) is 11.8. The highest BCUT2D eigenvalue weighted by atomic mass is 19.1. The Morgan fingerprint density at radius 3 is 2.96 bits per heavy atom. The fourth-order valence-electron chi connectivity index (χ4n) is 3.98. The maximum atomic E-state index is 14.1. The second-order valence-electron chi connectivity index (χ2n) is 6.77. The van der Waals surface area contributed by atoms with E-state index in [-0.39, 0.29) is 17.4 Å². The minimum atomic E-state index is -1.76. The lowest BCUT2D eigenvalue weighted by Crippen LogP contribution is -2.30. The number of hydrogen-bond donors (Lipinski definition) is 0. The molecule has 1 nitrogen and oxygen atoms in total. The quantitative estimate of drug-likeness (QED) is 0.628. The molecule has 2 fully saturated rings. The molecular formula is C21H26FN. The normalized spacial score (nSPS) is 37.2. The van der Waals surface area contributed by atoms with Crippen molar-refractivity contribution in [3.63, 3.8) is 0 Å². The number of nitriles is 1. The van der Waals surface area contributed by atoms with E-state index in [1.165, 1.54) is 12.1 Å². The Morgan fingerprint density at radius 1 is 1.35 bits per heavy atom. The zero-order valence-electron chi connectivity index (χ0n) is 17.4. The molecule has 1 aromatic rings. The summed E-state index contributed by atoms with van der Waals surface area (Å²) in [5.74, 6) is -1.45. The number of allylic oxidation sites excluding steroid dienone is 1. The van der Waals surface area contributed by atoms with Gasteiger partial charge in [-0.05, 0) is 86.2 Å². The van der Waals surface area contributed by atoms with Crippen LogP contribution in [0.5, 0.6) is 0 Å². The van der Waals surface area contributed by atoms with Crippen molar-refractivity contribution in [3.05, 3.63) is 47.8 Å². The van der Waals surface area contributed by atoms with E-state index in [4.69, 9.17) is 10.7 Å². The van der Waals surface area contributed by atoms with Crippen LogP contribution in [0.1, 0.15) is 73.8 Å². The van der Waals surface area contributed by atoms with Crippen molar-refractivity contribution in [2.24, 2.45) is 17.8 Å². The number of halogens is 1. The highest BCUT2D eigenvalue weighted by molar-refractivity contribution is 5.35. The van der Waals surface area contributed by atoms with Gasteiger partial charge in [0.1, 0.15) is 11.9 Å². The molecule has 0 spiro atoms. The van der Waals surface area contributed by atoms with Gasteiger partial charge in [0, 0.05) is 5.48 Å². The molecule has 2 aliphatic carbocycles. The van der Waals surface area contributed by atoms with E-state index in [9.17, 15) is 4.39 Å². The Labute approximate surface area is 144 Å². The third-order valence-electron chi connectivity index (χ3n) is 5.28. The fraction of sp³-hybridized carbons (Fsp3) is 0.571. The van der Waals surface area contributed by atoms with E-state index < -0.39 is 24.5 Å². The van der Waals surface area contributed by atoms with Gasteiger partial charge in [0.25, 0.3) is 0 Å². The van der Waals surface area contributed by atoms with Gasteiger partial charge in [0.2, 0.25) is 0 Å². The lowest BCUT2D eigenvalue weighted by atomic mass is 9.63. The van der Waals surface area contributed by atoms with Crippen LogP contribution in [0.15, 0.2) is 30.9 Å². The predicted octanol–water partition coefficient (Wildman–Crippen LogP) is 5.96. The molecule has 2 heteroatoms. The van der Waals surface area contributed by atoms with Gasteiger partial charge in [-0.1, -0.05) is 18.6 Å². The third-order valence-corrected chi connectivity index (χ3v) is 5.28. The highest BCUT2D eigenvalue weighted by Crippen LogP contribution is 2.48. The van der Waals surface area contributed by atoms with Crippen molar-refractivity contribution in [2.75, 3.05) is 0 Å². The molecular weight excluding hydrogens is 285 g/mol. The van der Waals surface area contributed by atoms with Crippen molar-refractivity contribution < 1.29 is 9.87 Å². The summed E-state index contributed by atoms with van der Waals surface area (Å²) in [6.45, 7) is 3.76. The molecule has 1 aromatic carbocycles. The maximum Gasteiger partial charge on any atom is 0.141 e. The van der Waals surface area contributed by atoms with Gasteiger partial charge in [-0.2, -0.15) is 5.26 Å². The van der Waals surface area contributed by atoms with Gasteiger partial charge in [0.05, 0.1) is 5.56 Å². The Kier molecular flexibility index (Phi) is 3.76. The monoisotopic (exact) mass is 315 g/mol. The Morgan fingerprint density at radius 2 is 2.22 bits per heavy atom. The summed E-state index contributed by atoms with van der Waals surface area (Å²) in [5, 5.41) is 8.92. The first-order chi connectivity index (χ1) is 12.7. The molecule has 0 heterocycles. The molecule has 3 rings (SSSR count). The number of rotatable bonds is 4. The van der Waals surface area contributed by atoms with Crippen LogP contribution >= 0.6 is 0 Å². The lowest BCUT2D eigenvalue weighted by molar-refractivity contribution is 0.115. The van der Waals surface area contributed by atoms with Gasteiger partial charge in [-0.15, -0.1) is 6.58 Å². The van der Waals surface area contributed by atoms with E-state index in [1.54, 1.807) is 6.07 Å². The van der Waals surface area contributed by atoms with Crippen LogP contribution in [0.2, 0.25) is 0 Å². The molecule has 0 N–H and O–H groups in total. The van der Waals surface area contributed by atoms with Crippen molar-refractivity contribution in [2.45, 2.75) is 57.2 Å². The Bertz CT molecular complexity index is 755. The summed E-state index contributed by atoms with van der Waals surface area (Å²) in [6, 6.07) is 5.75. The summed E-state index contributed by atoms with van der Waals surface area (Å²) in [7, 11) is 0. The van der Waals surface area contributed by atoms with Crippen molar-refractivity contribution in [3.8, 4) is 6.07 Å². The lowest BCUT2D eigenvalue weighted by Gasteiger charge is -2.42. The summed E-state index contributed by atoms with van der Waals surface area (Å²) < 4.78 is 48.9. The average molecular weight is 315 g/mol. The van der Waals surface area contributed by atoms with E-state index in [0.717, 1.165) is 38.2 Å². The molecule has 0 aromatic heterocycles. The maximum absolute atomic E-state index is 14.1. The molecule has 2 saturated carbocycles. The Hall–Kier alpha value is -1.62. The molecule has 0 radical (unpaired) electrons. The first-order valence-corrected chi connectivity index (χ1v) is 8.51. The molecule has 0 bridgehead atoms. The van der Waals surface area contributed by atoms with Crippen molar-refractivity contribution in [1.82, 2.24) is 0 Å². The molecule has 0 saturated heterocycles. The minimum Gasteiger partial charge on any atom is -0.206 e. The summed E-state index contributed by atoms with van der Waals surface area (Å²) in [6.07, 6.45) is 3.21. The van der Waals surface area contributed by atoms with Gasteiger partial charge in [-0.25, -0.2) is 4.39 Å². The van der Waals surface area contributed by atoms with Crippen molar-refractivity contribution >= 4 is 0 Å². The summed E-state index contributed by atoms with van der Waals surface area (Å²) in [4.78, 5) is 0. The molecule has 122 valence electrons. The topological polar surface area (TPSA) is 23.8 Å². The highest BCUT2D eigenvalue weighted by Gasteiger charge is 2.35. The van der Waals surface area contributed by atoms with E-state index in [2.05, 4.69) is 6.58 Å². The number of hydrogen-bond acceptors (Lipinski definition) is 1. The minimum absolute atomic E-state index is 0.0121. The molecule has 2 aliphatic rings. The zero-order valence-corrected chi connectivity index (χ0v) is 13.4. The van der Waals surface area contributed by atoms with E-state index >= 15 is 0 Å². The van der Waals surface area contributed by atoms with Crippen LogP contribution in [0.3, 0.4) is 0 Å². The molecule has 0 amide bonds. The van der Waals surface area contributed by atoms with Crippen LogP contribution < -0.4 is 0 Å². The van der Waals surface area contributed by atoms with Crippen LogP contribution in [0, 0.1) is 34.9 Å².